The molecule has 0 bridgehead atoms. The molecule has 4 nitrogen and oxygen atoms in total. The van der Waals surface area contributed by atoms with Gasteiger partial charge in [0, 0.05) is 5.69 Å². The van der Waals surface area contributed by atoms with E-state index in [0.29, 0.717) is 11.6 Å². The minimum atomic E-state index is -0.470. The smallest absolute Gasteiger partial charge is 0.338 e. The Morgan fingerprint density at radius 2 is 2.11 bits per heavy atom. The zero-order valence-corrected chi connectivity index (χ0v) is 11.0. The van der Waals surface area contributed by atoms with Crippen LogP contribution in [0.5, 0.6) is 0 Å². The molecule has 2 rings (SSSR count). The lowest BCUT2D eigenvalue weighted by Gasteiger charge is -2.28. The van der Waals surface area contributed by atoms with Crippen molar-refractivity contribution >= 4 is 11.7 Å². The largest absolute Gasteiger partial charge is 0.456 e. The SMILES string of the molecule is CC(C)(C)OC(=O)c1cccc(NC2COC2)c1. The number of ether oxygens (including phenoxy) is 2. The Morgan fingerprint density at radius 1 is 1.39 bits per heavy atom. The first-order valence-electron chi connectivity index (χ1n) is 6.12. The standard InChI is InChI=1S/C14H19NO3/c1-14(2,3)18-13(16)10-5-4-6-11(7-10)15-12-8-17-9-12/h4-7,12,15H,8-9H2,1-3H3. The highest BCUT2D eigenvalue weighted by Crippen LogP contribution is 2.17. The lowest BCUT2D eigenvalue weighted by atomic mass is 10.1. The number of carbonyl (C=O) groups excluding carboxylic acids is 1. The maximum absolute atomic E-state index is 11.9. The predicted molar refractivity (Wildman–Crippen MR) is 69.8 cm³/mol. The molecule has 0 amide bonds. The number of rotatable bonds is 3. The molecule has 1 fully saturated rings. The average Bonchev–Trinajstić information content (AvgIpc) is 2.22. The van der Waals surface area contributed by atoms with Crippen LogP contribution < -0.4 is 5.32 Å². The van der Waals surface area contributed by atoms with E-state index in [-0.39, 0.29) is 5.97 Å². The molecule has 1 aliphatic rings. The number of hydrogen-bond acceptors (Lipinski definition) is 4. The first kappa shape index (κ1) is 12.9. The van der Waals surface area contributed by atoms with Gasteiger partial charge in [0.1, 0.15) is 5.60 Å². The summed E-state index contributed by atoms with van der Waals surface area (Å²) in [5.41, 5.74) is 1.02. The Hall–Kier alpha value is -1.55. The van der Waals surface area contributed by atoms with Crippen LogP contribution in [0, 0.1) is 0 Å². The fourth-order valence-electron chi connectivity index (χ4n) is 1.63. The summed E-state index contributed by atoms with van der Waals surface area (Å²) in [4.78, 5) is 11.9. The first-order valence-corrected chi connectivity index (χ1v) is 6.12. The highest BCUT2D eigenvalue weighted by Gasteiger charge is 2.20. The van der Waals surface area contributed by atoms with Crippen LogP contribution in [0.15, 0.2) is 24.3 Å². The summed E-state index contributed by atoms with van der Waals surface area (Å²) in [6.45, 7) is 7.02. The summed E-state index contributed by atoms with van der Waals surface area (Å²) in [6.07, 6.45) is 0. The van der Waals surface area contributed by atoms with Crippen molar-refractivity contribution in [3.8, 4) is 0 Å². The minimum Gasteiger partial charge on any atom is -0.456 e. The molecule has 18 heavy (non-hydrogen) atoms. The Labute approximate surface area is 107 Å². The summed E-state index contributed by atoms with van der Waals surface area (Å²) < 4.78 is 10.4. The molecule has 98 valence electrons. The fraction of sp³-hybridized carbons (Fsp3) is 0.500. The second-order valence-corrected chi connectivity index (χ2v) is 5.46. The maximum atomic E-state index is 11.9. The van der Waals surface area contributed by atoms with E-state index >= 15 is 0 Å². The van der Waals surface area contributed by atoms with Crippen LogP contribution in [-0.4, -0.2) is 30.8 Å². The van der Waals surface area contributed by atoms with E-state index in [0.717, 1.165) is 18.9 Å². The molecule has 1 heterocycles. The van der Waals surface area contributed by atoms with Gasteiger partial charge in [0.2, 0.25) is 0 Å². The minimum absolute atomic E-state index is 0.295. The van der Waals surface area contributed by atoms with Crippen LogP contribution in [0.25, 0.3) is 0 Å². The molecule has 0 spiro atoms. The summed E-state index contributed by atoms with van der Waals surface area (Å²) >= 11 is 0. The predicted octanol–water partition coefficient (Wildman–Crippen LogP) is 2.45. The summed E-state index contributed by atoms with van der Waals surface area (Å²) in [7, 11) is 0. The van der Waals surface area contributed by atoms with Crippen molar-refractivity contribution in [3.63, 3.8) is 0 Å². The summed E-state index contributed by atoms with van der Waals surface area (Å²) in [6, 6.07) is 7.70. The van der Waals surface area contributed by atoms with Crippen LogP contribution in [0.2, 0.25) is 0 Å². The van der Waals surface area contributed by atoms with Gasteiger partial charge in [0.05, 0.1) is 24.8 Å². The van der Waals surface area contributed by atoms with Crippen LogP contribution >= 0.6 is 0 Å². The van der Waals surface area contributed by atoms with Crippen molar-refractivity contribution < 1.29 is 14.3 Å². The quantitative estimate of drug-likeness (QED) is 0.836. The van der Waals surface area contributed by atoms with Crippen LogP contribution in [0.3, 0.4) is 0 Å². The van der Waals surface area contributed by atoms with Gasteiger partial charge in [-0.1, -0.05) is 6.07 Å². The third-order valence-electron chi connectivity index (χ3n) is 2.51. The fourth-order valence-corrected chi connectivity index (χ4v) is 1.63. The van der Waals surface area contributed by atoms with E-state index in [4.69, 9.17) is 9.47 Å². The van der Waals surface area contributed by atoms with Crippen LogP contribution in [0.1, 0.15) is 31.1 Å². The Balaban J connectivity index is 2.03. The normalized spacial score (nSPS) is 15.9. The first-order chi connectivity index (χ1) is 8.44. The molecule has 1 aromatic carbocycles. The monoisotopic (exact) mass is 249 g/mol. The molecule has 0 aliphatic carbocycles. The number of carbonyl (C=O) groups is 1. The third-order valence-corrected chi connectivity index (χ3v) is 2.51. The molecule has 0 aromatic heterocycles. The van der Waals surface area contributed by atoms with Crippen molar-refractivity contribution in [2.45, 2.75) is 32.4 Å². The van der Waals surface area contributed by atoms with Crippen LogP contribution in [-0.2, 0) is 9.47 Å². The van der Waals surface area contributed by atoms with E-state index in [9.17, 15) is 4.79 Å². The molecule has 0 atom stereocenters. The number of benzene rings is 1. The maximum Gasteiger partial charge on any atom is 0.338 e. The molecule has 0 unspecified atom stereocenters. The zero-order chi connectivity index (χ0) is 13.2. The molecule has 0 saturated carbocycles. The highest BCUT2D eigenvalue weighted by atomic mass is 16.6. The summed E-state index contributed by atoms with van der Waals surface area (Å²) in [5, 5.41) is 3.30. The summed E-state index contributed by atoms with van der Waals surface area (Å²) in [5.74, 6) is -0.295. The Kier molecular flexibility index (Phi) is 3.57. The molecular weight excluding hydrogens is 230 g/mol. The highest BCUT2D eigenvalue weighted by molar-refractivity contribution is 5.90. The van der Waals surface area contributed by atoms with Crippen molar-refractivity contribution in [3.05, 3.63) is 29.8 Å². The van der Waals surface area contributed by atoms with Gasteiger partial charge < -0.3 is 14.8 Å². The van der Waals surface area contributed by atoms with Gasteiger partial charge in [0.25, 0.3) is 0 Å². The number of anilines is 1. The molecule has 0 radical (unpaired) electrons. The topological polar surface area (TPSA) is 47.6 Å². The molecule has 1 saturated heterocycles. The second-order valence-electron chi connectivity index (χ2n) is 5.46. The average molecular weight is 249 g/mol. The van der Waals surface area contributed by atoms with Gasteiger partial charge in [0.15, 0.2) is 0 Å². The number of esters is 1. The van der Waals surface area contributed by atoms with Gasteiger partial charge in [-0.25, -0.2) is 4.79 Å². The molecule has 1 aliphatic heterocycles. The Morgan fingerprint density at radius 3 is 2.67 bits per heavy atom. The number of nitrogens with one attached hydrogen (secondary N) is 1. The van der Waals surface area contributed by atoms with Gasteiger partial charge >= 0.3 is 5.97 Å². The lowest BCUT2D eigenvalue weighted by Crippen LogP contribution is -2.40. The van der Waals surface area contributed by atoms with E-state index in [1.54, 1.807) is 6.07 Å². The van der Waals surface area contributed by atoms with Gasteiger partial charge in [-0.15, -0.1) is 0 Å². The molecule has 4 heteroatoms. The Bertz CT molecular complexity index is 433. The van der Waals surface area contributed by atoms with E-state index in [2.05, 4.69) is 5.32 Å². The molecule has 1 aromatic rings. The van der Waals surface area contributed by atoms with Gasteiger partial charge in [-0.3, -0.25) is 0 Å². The molecular formula is C14H19NO3. The van der Waals surface area contributed by atoms with E-state index in [1.165, 1.54) is 0 Å². The van der Waals surface area contributed by atoms with Crippen molar-refractivity contribution in [2.75, 3.05) is 18.5 Å². The van der Waals surface area contributed by atoms with Gasteiger partial charge in [-0.05, 0) is 39.0 Å². The second kappa shape index (κ2) is 4.98. The lowest BCUT2D eigenvalue weighted by molar-refractivity contribution is 0.00695. The zero-order valence-electron chi connectivity index (χ0n) is 11.0. The van der Waals surface area contributed by atoms with Crippen molar-refractivity contribution in [1.82, 2.24) is 0 Å². The van der Waals surface area contributed by atoms with E-state index < -0.39 is 5.60 Å². The van der Waals surface area contributed by atoms with E-state index in [1.807, 2.05) is 39.0 Å². The third kappa shape index (κ3) is 3.47. The van der Waals surface area contributed by atoms with Crippen LogP contribution in [0.4, 0.5) is 5.69 Å². The van der Waals surface area contributed by atoms with Crippen molar-refractivity contribution in [1.29, 1.82) is 0 Å². The van der Waals surface area contributed by atoms with Gasteiger partial charge in [-0.2, -0.15) is 0 Å². The number of hydrogen-bond donors (Lipinski definition) is 1. The molecule has 1 N–H and O–H groups in total. The van der Waals surface area contributed by atoms with Crippen molar-refractivity contribution in [2.24, 2.45) is 0 Å².